The molecule has 0 bridgehead atoms. The number of hydrogen-bond donors (Lipinski definition) is 1. The lowest BCUT2D eigenvalue weighted by Gasteiger charge is -2.15. The number of sulfone groups is 2. The van der Waals surface area contributed by atoms with Gasteiger partial charge in [-0.25, -0.2) is 16.8 Å². The van der Waals surface area contributed by atoms with Crippen LogP contribution in [-0.2, 0) is 19.7 Å². The number of rotatable bonds is 12. The average molecular weight is 546 g/mol. The topological polar surface area (TPSA) is 107 Å². The minimum atomic E-state index is -3.93. The summed E-state index contributed by atoms with van der Waals surface area (Å²) >= 11 is 17.9. The third-order valence-electron chi connectivity index (χ3n) is 4.27. The van der Waals surface area contributed by atoms with Crippen molar-refractivity contribution < 1.29 is 31.4 Å². The van der Waals surface area contributed by atoms with Crippen molar-refractivity contribution in [1.29, 1.82) is 0 Å². The van der Waals surface area contributed by atoms with Gasteiger partial charge in [0.15, 0.2) is 15.6 Å². The number of benzene rings is 2. The van der Waals surface area contributed by atoms with Crippen LogP contribution in [0.15, 0.2) is 46.2 Å². The van der Waals surface area contributed by atoms with Gasteiger partial charge in [-0.1, -0.05) is 30.1 Å². The summed E-state index contributed by atoms with van der Waals surface area (Å²) in [5.41, 5.74) is 0. The van der Waals surface area contributed by atoms with Gasteiger partial charge in [0.05, 0.1) is 32.2 Å². The van der Waals surface area contributed by atoms with Crippen molar-refractivity contribution in [2.45, 2.75) is 29.2 Å². The maximum absolute atomic E-state index is 13.0. The standard InChI is InChI=1S/C20H23Cl3O7S2/c1-2-31(25,26)13-14(24)12-30-20-18(22)10-17(11-19(20)23)32(27,28)16-6-4-15(5-7-16)29-9-3-8-21/h4-7,10-11,14,24H,2-3,8-9,12-13H2,1H3/t14-/m1/s1. The van der Waals surface area contributed by atoms with Crippen molar-refractivity contribution in [1.82, 2.24) is 0 Å². The zero-order valence-electron chi connectivity index (χ0n) is 17.1. The van der Waals surface area contributed by atoms with Gasteiger partial charge in [0, 0.05) is 11.6 Å². The zero-order chi connectivity index (χ0) is 23.9. The average Bonchev–Trinajstić information content (AvgIpc) is 2.73. The van der Waals surface area contributed by atoms with E-state index in [1.165, 1.54) is 43.3 Å². The summed E-state index contributed by atoms with van der Waals surface area (Å²) in [5, 5.41) is 9.69. The molecule has 12 heteroatoms. The molecule has 32 heavy (non-hydrogen) atoms. The Morgan fingerprint density at radius 2 is 1.56 bits per heavy atom. The number of aliphatic hydroxyl groups is 1. The van der Waals surface area contributed by atoms with Gasteiger partial charge in [-0.2, -0.15) is 0 Å². The normalized spacial score (nSPS) is 13.0. The molecule has 0 heterocycles. The molecule has 0 spiro atoms. The maximum Gasteiger partial charge on any atom is 0.206 e. The Morgan fingerprint density at radius 3 is 2.09 bits per heavy atom. The number of alkyl halides is 1. The van der Waals surface area contributed by atoms with E-state index < -0.39 is 31.5 Å². The molecule has 0 fully saturated rings. The van der Waals surface area contributed by atoms with Crippen LogP contribution >= 0.6 is 34.8 Å². The SMILES string of the molecule is CCS(=O)(=O)C[C@H](O)COc1c(Cl)cc(S(=O)(=O)c2ccc(OCCCCl)cc2)cc1Cl. The third-order valence-corrected chi connectivity index (χ3v) is 8.62. The molecular weight excluding hydrogens is 523 g/mol. The van der Waals surface area contributed by atoms with Gasteiger partial charge in [0.25, 0.3) is 0 Å². The quantitative estimate of drug-likeness (QED) is 0.317. The lowest BCUT2D eigenvalue weighted by Crippen LogP contribution is -2.28. The van der Waals surface area contributed by atoms with E-state index in [0.29, 0.717) is 24.7 Å². The Balaban J connectivity index is 2.17. The van der Waals surface area contributed by atoms with Crippen molar-refractivity contribution in [3.63, 3.8) is 0 Å². The summed E-state index contributed by atoms with van der Waals surface area (Å²) < 4.78 is 59.9. The molecule has 2 aromatic carbocycles. The molecule has 2 rings (SSSR count). The Morgan fingerprint density at radius 1 is 0.969 bits per heavy atom. The Bertz CT molecular complexity index is 1100. The van der Waals surface area contributed by atoms with Gasteiger partial charge in [-0.3, -0.25) is 0 Å². The highest BCUT2D eigenvalue weighted by molar-refractivity contribution is 7.91. The van der Waals surface area contributed by atoms with E-state index in [1.807, 2.05) is 0 Å². The van der Waals surface area contributed by atoms with E-state index in [4.69, 9.17) is 44.3 Å². The summed E-state index contributed by atoms with van der Waals surface area (Å²) in [5.74, 6) is 0.334. The summed E-state index contributed by atoms with van der Waals surface area (Å²) in [6.45, 7) is 1.51. The highest BCUT2D eigenvalue weighted by Crippen LogP contribution is 2.37. The molecule has 1 atom stereocenters. The van der Waals surface area contributed by atoms with Crippen LogP contribution in [0.2, 0.25) is 10.0 Å². The van der Waals surface area contributed by atoms with Crippen molar-refractivity contribution in [2.24, 2.45) is 0 Å². The predicted molar refractivity (Wildman–Crippen MR) is 125 cm³/mol. The van der Waals surface area contributed by atoms with Gasteiger partial charge in [0.2, 0.25) is 9.84 Å². The number of ether oxygens (including phenoxy) is 2. The molecule has 7 nitrogen and oxygen atoms in total. The van der Waals surface area contributed by atoms with E-state index in [-0.39, 0.29) is 37.9 Å². The van der Waals surface area contributed by atoms with Crippen LogP contribution < -0.4 is 9.47 Å². The molecule has 178 valence electrons. The molecule has 0 aliphatic heterocycles. The lowest BCUT2D eigenvalue weighted by atomic mass is 10.3. The van der Waals surface area contributed by atoms with E-state index in [1.54, 1.807) is 0 Å². The van der Waals surface area contributed by atoms with Gasteiger partial charge in [0.1, 0.15) is 18.5 Å². The largest absolute Gasteiger partial charge is 0.494 e. The Kier molecular flexibility index (Phi) is 9.93. The minimum absolute atomic E-state index is 0.0168. The van der Waals surface area contributed by atoms with Crippen molar-refractivity contribution >= 4 is 54.5 Å². The summed E-state index contributed by atoms with van der Waals surface area (Å²) in [6.07, 6.45) is -0.626. The molecule has 0 aromatic heterocycles. The van der Waals surface area contributed by atoms with Gasteiger partial charge >= 0.3 is 0 Å². The number of aliphatic hydroxyl groups excluding tert-OH is 1. The first kappa shape index (κ1) is 27.0. The van der Waals surface area contributed by atoms with E-state index in [2.05, 4.69) is 0 Å². The van der Waals surface area contributed by atoms with Crippen molar-refractivity contribution in [2.75, 3.05) is 30.6 Å². The number of hydrogen-bond acceptors (Lipinski definition) is 7. The lowest BCUT2D eigenvalue weighted by molar-refractivity contribution is 0.125. The number of halogens is 3. The van der Waals surface area contributed by atoms with Crippen LogP contribution in [0, 0.1) is 0 Å². The molecule has 0 amide bonds. The van der Waals surface area contributed by atoms with Crippen LogP contribution in [0.4, 0.5) is 0 Å². The first-order chi connectivity index (χ1) is 15.0. The van der Waals surface area contributed by atoms with Crippen LogP contribution in [0.1, 0.15) is 13.3 Å². The monoisotopic (exact) mass is 544 g/mol. The minimum Gasteiger partial charge on any atom is -0.494 e. The molecule has 0 saturated carbocycles. The fraction of sp³-hybridized carbons (Fsp3) is 0.400. The highest BCUT2D eigenvalue weighted by Gasteiger charge is 2.23. The molecular formula is C20H23Cl3O7S2. The second kappa shape index (κ2) is 11.8. The van der Waals surface area contributed by atoms with Crippen molar-refractivity contribution in [3.8, 4) is 11.5 Å². The Hall–Kier alpha value is -1.23. The second-order valence-electron chi connectivity index (χ2n) is 6.75. The molecule has 2 aromatic rings. The molecule has 0 aliphatic carbocycles. The van der Waals surface area contributed by atoms with E-state index in [9.17, 15) is 21.9 Å². The predicted octanol–water partition coefficient (Wildman–Crippen LogP) is 4.01. The third kappa shape index (κ3) is 7.40. The first-order valence-corrected chi connectivity index (χ1v) is 14.1. The van der Waals surface area contributed by atoms with Gasteiger partial charge < -0.3 is 14.6 Å². The summed E-state index contributed by atoms with van der Waals surface area (Å²) in [6, 6.07) is 8.24. The molecule has 0 saturated heterocycles. The van der Waals surface area contributed by atoms with Gasteiger partial charge in [-0.05, 0) is 42.8 Å². The van der Waals surface area contributed by atoms with Crippen LogP contribution in [0.3, 0.4) is 0 Å². The second-order valence-corrected chi connectivity index (χ2v) is 12.3. The summed E-state index contributed by atoms with van der Waals surface area (Å²) in [4.78, 5) is -0.132. The van der Waals surface area contributed by atoms with Crippen LogP contribution in [0.5, 0.6) is 11.5 Å². The van der Waals surface area contributed by atoms with Crippen LogP contribution in [0.25, 0.3) is 0 Å². The summed E-state index contributed by atoms with van der Waals surface area (Å²) in [7, 11) is -7.33. The smallest absolute Gasteiger partial charge is 0.206 e. The molecule has 0 aliphatic rings. The van der Waals surface area contributed by atoms with E-state index in [0.717, 1.165) is 0 Å². The molecule has 1 N–H and O–H groups in total. The van der Waals surface area contributed by atoms with E-state index >= 15 is 0 Å². The highest BCUT2D eigenvalue weighted by atomic mass is 35.5. The first-order valence-electron chi connectivity index (χ1n) is 9.54. The van der Waals surface area contributed by atoms with Crippen molar-refractivity contribution in [3.05, 3.63) is 46.4 Å². The van der Waals surface area contributed by atoms with Gasteiger partial charge in [-0.15, -0.1) is 11.6 Å². The fourth-order valence-corrected chi connectivity index (χ4v) is 5.63. The fourth-order valence-electron chi connectivity index (χ4n) is 2.56. The maximum atomic E-state index is 13.0. The molecule has 0 radical (unpaired) electrons. The Labute approximate surface area is 203 Å². The zero-order valence-corrected chi connectivity index (χ0v) is 21.0. The van der Waals surface area contributed by atoms with Crippen LogP contribution in [-0.4, -0.2) is 58.6 Å². The molecule has 0 unspecified atom stereocenters.